The van der Waals surface area contributed by atoms with E-state index < -0.39 is 5.91 Å². The van der Waals surface area contributed by atoms with Gasteiger partial charge in [-0.25, -0.2) is 4.98 Å². The van der Waals surface area contributed by atoms with Crippen LogP contribution in [0.4, 0.5) is 5.95 Å². The molecular weight excluding hydrogens is 318 g/mol. The third-order valence-electron chi connectivity index (χ3n) is 4.40. The number of pyridine rings is 1. The van der Waals surface area contributed by atoms with E-state index in [0.29, 0.717) is 5.75 Å². The molecule has 3 heterocycles. The van der Waals surface area contributed by atoms with Gasteiger partial charge in [0.15, 0.2) is 0 Å². The van der Waals surface area contributed by atoms with Crippen LogP contribution >= 0.6 is 0 Å². The fraction of sp³-hybridized carbons (Fsp3) is 0.278. The van der Waals surface area contributed by atoms with Gasteiger partial charge in [-0.3, -0.25) is 9.78 Å². The fourth-order valence-corrected chi connectivity index (χ4v) is 3.09. The third-order valence-corrected chi connectivity index (χ3v) is 4.40. The zero-order valence-electron chi connectivity index (χ0n) is 13.7. The number of benzene rings is 1. The van der Waals surface area contributed by atoms with E-state index >= 15 is 0 Å². The highest BCUT2D eigenvalue weighted by atomic mass is 16.5. The van der Waals surface area contributed by atoms with Crippen LogP contribution in [0.3, 0.4) is 0 Å². The van der Waals surface area contributed by atoms with Crippen LogP contribution in [0.15, 0.2) is 42.6 Å². The summed E-state index contributed by atoms with van der Waals surface area (Å²) in [5.74, 6) is 0.982. The van der Waals surface area contributed by atoms with Crippen molar-refractivity contribution in [1.29, 1.82) is 0 Å². The van der Waals surface area contributed by atoms with Crippen LogP contribution in [0.2, 0.25) is 0 Å². The number of hydrogen-bond acceptors (Lipinski definition) is 5. The summed E-state index contributed by atoms with van der Waals surface area (Å²) in [6.45, 7) is 1.72. The summed E-state index contributed by atoms with van der Waals surface area (Å²) in [5.41, 5.74) is 7.50. The van der Waals surface area contributed by atoms with Crippen molar-refractivity contribution in [3.8, 4) is 5.75 Å². The number of nitrogens with two attached hydrogens (primary N) is 1. The van der Waals surface area contributed by atoms with Gasteiger partial charge in [0.25, 0.3) is 5.91 Å². The smallest absolute Gasteiger partial charge is 0.267 e. The van der Waals surface area contributed by atoms with Gasteiger partial charge >= 0.3 is 0 Å². The van der Waals surface area contributed by atoms with Crippen LogP contribution in [-0.2, 0) is 0 Å². The van der Waals surface area contributed by atoms with E-state index in [4.69, 9.17) is 10.5 Å². The molecule has 0 bridgehead atoms. The van der Waals surface area contributed by atoms with Crippen molar-refractivity contribution in [3.05, 3.63) is 48.3 Å². The maximum absolute atomic E-state index is 11.2. The minimum atomic E-state index is -0.551. The van der Waals surface area contributed by atoms with Crippen molar-refractivity contribution in [3.63, 3.8) is 0 Å². The Kier molecular flexibility index (Phi) is 3.97. The largest absolute Gasteiger partial charge is 0.490 e. The van der Waals surface area contributed by atoms with Crippen LogP contribution in [0, 0.1) is 0 Å². The third kappa shape index (κ3) is 3.26. The molecule has 1 aliphatic rings. The number of fused-ring (bicyclic) bond motifs is 1. The second kappa shape index (κ2) is 6.43. The molecule has 2 aromatic heterocycles. The van der Waals surface area contributed by atoms with E-state index in [1.165, 1.54) is 0 Å². The molecule has 1 saturated heterocycles. The highest BCUT2D eigenvalue weighted by molar-refractivity contribution is 5.91. The van der Waals surface area contributed by atoms with Crippen molar-refractivity contribution in [2.75, 3.05) is 18.0 Å². The Morgan fingerprint density at radius 1 is 1.24 bits per heavy atom. The Labute approximate surface area is 144 Å². The number of amides is 1. The number of carbonyl (C=O) groups excluding carboxylic acids is 1. The Bertz CT molecular complexity index is 866. The number of nitrogens with one attached hydrogen (secondary N) is 1. The normalized spacial score (nSPS) is 15.4. The first-order valence-electron chi connectivity index (χ1n) is 8.31. The van der Waals surface area contributed by atoms with E-state index in [1.807, 2.05) is 24.3 Å². The molecule has 0 saturated carbocycles. The molecule has 0 spiro atoms. The molecule has 7 nitrogen and oxygen atoms in total. The number of primary amides is 1. The standard InChI is InChI=1S/C18H19N5O2/c19-17(24)16-11-13(5-8-20-16)25-12-6-9-23(10-7-12)18-21-14-3-1-2-4-15(14)22-18/h1-5,8,11-12H,6-7,9-10H2,(H2,19,24)(H,21,22). The van der Waals surface area contributed by atoms with Crippen molar-refractivity contribution >= 4 is 22.9 Å². The van der Waals surface area contributed by atoms with Crippen molar-refractivity contribution in [2.24, 2.45) is 5.73 Å². The second-order valence-electron chi connectivity index (χ2n) is 6.12. The molecule has 25 heavy (non-hydrogen) atoms. The molecule has 1 aliphatic heterocycles. The minimum absolute atomic E-state index is 0.101. The van der Waals surface area contributed by atoms with Gasteiger partial charge in [0.2, 0.25) is 5.95 Å². The van der Waals surface area contributed by atoms with E-state index in [0.717, 1.165) is 42.9 Å². The molecule has 1 aromatic carbocycles. The van der Waals surface area contributed by atoms with E-state index in [9.17, 15) is 4.79 Å². The summed E-state index contributed by atoms with van der Waals surface area (Å²) < 4.78 is 5.98. The van der Waals surface area contributed by atoms with Gasteiger partial charge in [0.05, 0.1) is 11.0 Å². The van der Waals surface area contributed by atoms with Gasteiger partial charge in [0.1, 0.15) is 17.5 Å². The van der Waals surface area contributed by atoms with E-state index in [2.05, 4.69) is 19.9 Å². The van der Waals surface area contributed by atoms with Crippen molar-refractivity contribution in [1.82, 2.24) is 15.0 Å². The quantitative estimate of drug-likeness (QED) is 0.760. The molecule has 7 heteroatoms. The number of nitrogens with zero attached hydrogens (tertiary/aromatic N) is 3. The number of para-hydroxylation sites is 2. The van der Waals surface area contributed by atoms with Crippen LogP contribution < -0.4 is 15.4 Å². The van der Waals surface area contributed by atoms with Gasteiger partial charge in [-0.2, -0.15) is 0 Å². The molecule has 0 aliphatic carbocycles. The number of aromatic amines is 1. The topological polar surface area (TPSA) is 97.1 Å². The lowest BCUT2D eigenvalue weighted by molar-refractivity contribution is 0.0994. The predicted molar refractivity (Wildman–Crippen MR) is 94.7 cm³/mol. The molecule has 1 fully saturated rings. The molecule has 3 aromatic rings. The number of H-pyrrole nitrogens is 1. The average Bonchev–Trinajstić information content (AvgIpc) is 3.07. The summed E-state index contributed by atoms with van der Waals surface area (Å²) in [7, 11) is 0. The number of imidazole rings is 1. The summed E-state index contributed by atoms with van der Waals surface area (Å²) in [5, 5.41) is 0. The van der Waals surface area contributed by atoms with Gasteiger partial charge in [-0.05, 0) is 18.2 Å². The maximum atomic E-state index is 11.2. The maximum Gasteiger partial charge on any atom is 0.267 e. The average molecular weight is 337 g/mol. The number of piperidine rings is 1. The lowest BCUT2D eigenvalue weighted by Crippen LogP contribution is -2.38. The van der Waals surface area contributed by atoms with Gasteiger partial charge in [0, 0.05) is 38.2 Å². The van der Waals surface area contributed by atoms with Gasteiger partial charge < -0.3 is 20.4 Å². The lowest BCUT2D eigenvalue weighted by atomic mass is 10.1. The fourth-order valence-electron chi connectivity index (χ4n) is 3.09. The highest BCUT2D eigenvalue weighted by Gasteiger charge is 2.23. The summed E-state index contributed by atoms with van der Waals surface area (Å²) in [4.78, 5) is 25.4. The summed E-state index contributed by atoms with van der Waals surface area (Å²) in [6, 6.07) is 11.4. The molecule has 128 valence electrons. The number of rotatable bonds is 4. The number of hydrogen-bond donors (Lipinski definition) is 2. The number of ether oxygens (including phenoxy) is 1. The van der Waals surface area contributed by atoms with Crippen LogP contribution in [0.1, 0.15) is 23.3 Å². The molecule has 0 atom stereocenters. The van der Waals surface area contributed by atoms with E-state index in [-0.39, 0.29) is 11.8 Å². The zero-order valence-corrected chi connectivity index (χ0v) is 13.7. The Morgan fingerprint density at radius 2 is 2.04 bits per heavy atom. The Balaban J connectivity index is 1.39. The second-order valence-corrected chi connectivity index (χ2v) is 6.12. The van der Waals surface area contributed by atoms with Crippen LogP contribution in [0.5, 0.6) is 5.75 Å². The molecule has 4 rings (SSSR count). The first kappa shape index (κ1) is 15.4. The number of aromatic nitrogens is 3. The SMILES string of the molecule is NC(=O)c1cc(OC2CCN(c3nc4ccccc4[nH]3)CC2)ccn1. The van der Waals surface area contributed by atoms with Crippen LogP contribution in [-0.4, -0.2) is 40.1 Å². The van der Waals surface area contributed by atoms with E-state index in [1.54, 1.807) is 18.3 Å². The van der Waals surface area contributed by atoms with Crippen molar-refractivity contribution in [2.45, 2.75) is 18.9 Å². The molecular formula is C18H19N5O2. The van der Waals surface area contributed by atoms with Crippen LogP contribution in [0.25, 0.3) is 11.0 Å². The predicted octanol–water partition coefficient (Wildman–Crippen LogP) is 2.10. The lowest BCUT2D eigenvalue weighted by Gasteiger charge is -2.31. The van der Waals surface area contributed by atoms with Crippen molar-refractivity contribution < 1.29 is 9.53 Å². The van der Waals surface area contributed by atoms with Gasteiger partial charge in [-0.15, -0.1) is 0 Å². The van der Waals surface area contributed by atoms with Gasteiger partial charge in [-0.1, -0.05) is 12.1 Å². The first-order valence-corrected chi connectivity index (χ1v) is 8.31. The zero-order chi connectivity index (χ0) is 17.2. The Hall–Kier alpha value is -3.09. The molecule has 0 radical (unpaired) electrons. The first-order chi connectivity index (χ1) is 12.2. The molecule has 0 unspecified atom stereocenters. The summed E-state index contributed by atoms with van der Waals surface area (Å²) >= 11 is 0. The highest BCUT2D eigenvalue weighted by Crippen LogP contribution is 2.23. The minimum Gasteiger partial charge on any atom is -0.490 e. The Morgan fingerprint density at radius 3 is 2.80 bits per heavy atom. The summed E-state index contributed by atoms with van der Waals surface area (Å²) in [6.07, 6.45) is 3.40. The molecule has 3 N–H and O–H groups in total. The number of carbonyl (C=O) groups is 1. The number of anilines is 1. The monoisotopic (exact) mass is 337 g/mol. The molecule has 1 amide bonds.